The molecule has 0 aromatic rings. The van der Waals surface area contributed by atoms with Crippen molar-refractivity contribution in [2.75, 3.05) is 13.2 Å². The molecule has 17 heavy (non-hydrogen) atoms. The van der Waals surface area contributed by atoms with Crippen molar-refractivity contribution in [2.24, 2.45) is 11.7 Å². The van der Waals surface area contributed by atoms with E-state index in [4.69, 9.17) is 5.73 Å². The van der Waals surface area contributed by atoms with Crippen LogP contribution in [0.1, 0.15) is 58.8 Å². The number of rotatable bonds is 7. The molecule has 1 aliphatic carbocycles. The Morgan fingerprint density at radius 1 is 1.29 bits per heavy atom. The van der Waals surface area contributed by atoms with Crippen molar-refractivity contribution in [3.8, 4) is 0 Å². The summed E-state index contributed by atoms with van der Waals surface area (Å²) in [4.78, 5) is 0. The van der Waals surface area contributed by atoms with Crippen molar-refractivity contribution in [3.05, 3.63) is 0 Å². The van der Waals surface area contributed by atoms with Crippen LogP contribution in [0.4, 0.5) is 0 Å². The average molecular weight is 242 g/mol. The highest BCUT2D eigenvalue weighted by molar-refractivity contribution is 4.93. The fourth-order valence-electron chi connectivity index (χ4n) is 3.14. The maximum absolute atomic E-state index is 9.46. The molecule has 0 radical (unpaired) electrons. The van der Waals surface area contributed by atoms with Crippen LogP contribution in [0.25, 0.3) is 0 Å². The molecule has 1 saturated carbocycles. The Kier molecular flexibility index (Phi) is 6.45. The van der Waals surface area contributed by atoms with Crippen molar-refractivity contribution in [3.63, 3.8) is 0 Å². The lowest BCUT2D eigenvalue weighted by Crippen LogP contribution is -2.57. The predicted molar refractivity (Wildman–Crippen MR) is 73.0 cm³/mol. The number of nitrogens with two attached hydrogens (primary N) is 1. The first-order valence-corrected chi connectivity index (χ1v) is 7.30. The first-order valence-electron chi connectivity index (χ1n) is 7.30. The van der Waals surface area contributed by atoms with Gasteiger partial charge in [0.15, 0.2) is 0 Å². The van der Waals surface area contributed by atoms with E-state index in [2.05, 4.69) is 19.2 Å². The summed E-state index contributed by atoms with van der Waals surface area (Å²) in [6.07, 6.45) is 8.26. The van der Waals surface area contributed by atoms with Gasteiger partial charge >= 0.3 is 0 Å². The number of aliphatic hydroxyl groups is 1. The third-order valence-electron chi connectivity index (χ3n) is 4.43. The molecule has 3 nitrogen and oxygen atoms in total. The first kappa shape index (κ1) is 14.9. The highest BCUT2D eigenvalue weighted by atomic mass is 16.3. The molecule has 1 aliphatic rings. The summed E-state index contributed by atoms with van der Waals surface area (Å²) in [5.41, 5.74) is 6.07. The molecule has 0 bridgehead atoms. The molecule has 0 heterocycles. The Labute approximate surface area is 106 Å². The van der Waals surface area contributed by atoms with Gasteiger partial charge in [-0.15, -0.1) is 0 Å². The lowest BCUT2D eigenvalue weighted by Gasteiger charge is -2.41. The second-order valence-corrected chi connectivity index (χ2v) is 5.57. The Bertz CT molecular complexity index is 204. The second kappa shape index (κ2) is 7.34. The molecule has 1 rings (SSSR count). The van der Waals surface area contributed by atoms with E-state index < -0.39 is 0 Å². The molecule has 0 aliphatic heterocycles. The van der Waals surface area contributed by atoms with Crippen LogP contribution in [0.3, 0.4) is 0 Å². The quantitative estimate of drug-likeness (QED) is 0.640. The van der Waals surface area contributed by atoms with Crippen LogP contribution in [-0.2, 0) is 0 Å². The molecule has 0 amide bonds. The Morgan fingerprint density at radius 2 is 2.00 bits per heavy atom. The van der Waals surface area contributed by atoms with Gasteiger partial charge in [0.05, 0.1) is 0 Å². The predicted octanol–water partition coefficient (Wildman–Crippen LogP) is 2.03. The van der Waals surface area contributed by atoms with Crippen molar-refractivity contribution >= 4 is 0 Å². The lowest BCUT2D eigenvalue weighted by atomic mass is 9.81. The second-order valence-electron chi connectivity index (χ2n) is 5.57. The monoisotopic (exact) mass is 242 g/mol. The van der Waals surface area contributed by atoms with E-state index in [-0.39, 0.29) is 5.54 Å². The molecule has 1 fully saturated rings. The molecular weight excluding hydrogens is 212 g/mol. The van der Waals surface area contributed by atoms with E-state index in [1.54, 1.807) is 0 Å². The largest absolute Gasteiger partial charge is 0.396 e. The zero-order valence-corrected chi connectivity index (χ0v) is 11.5. The minimum Gasteiger partial charge on any atom is -0.396 e. The van der Waals surface area contributed by atoms with Crippen LogP contribution in [0.2, 0.25) is 0 Å². The maximum Gasteiger partial charge on any atom is 0.0474 e. The molecular formula is C14H30N2O. The average Bonchev–Trinajstić information content (AvgIpc) is 2.38. The molecule has 0 spiro atoms. The van der Waals surface area contributed by atoms with E-state index in [0.29, 0.717) is 25.1 Å². The molecule has 0 aromatic heterocycles. The van der Waals surface area contributed by atoms with E-state index in [0.717, 1.165) is 25.7 Å². The van der Waals surface area contributed by atoms with Crippen LogP contribution >= 0.6 is 0 Å². The van der Waals surface area contributed by atoms with Gasteiger partial charge in [-0.3, -0.25) is 0 Å². The summed E-state index contributed by atoms with van der Waals surface area (Å²) in [6.45, 7) is 5.44. The standard InChI is InChI=1S/C14H30N2O/c1-3-9-14(4-2,11-15)16-13-8-6-5-7-12(13)10-17/h12-13,16-17H,3-11,15H2,1-2H3. The summed E-state index contributed by atoms with van der Waals surface area (Å²) >= 11 is 0. The molecule has 102 valence electrons. The molecule has 4 N–H and O–H groups in total. The Morgan fingerprint density at radius 3 is 2.53 bits per heavy atom. The third kappa shape index (κ3) is 3.94. The van der Waals surface area contributed by atoms with E-state index in [1.807, 2.05) is 0 Å². The van der Waals surface area contributed by atoms with Crippen LogP contribution in [0.5, 0.6) is 0 Å². The lowest BCUT2D eigenvalue weighted by molar-refractivity contribution is 0.123. The van der Waals surface area contributed by atoms with Crippen LogP contribution < -0.4 is 11.1 Å². The fourth-order valence-corrected chi connectivity index (χ4v) is 3.14. The van der Waals surface area contributed by atoms with Crippen molar-refractivity contribution in [1.29, 1.82) is 0 Å². The summed E-state index contributed by atoms with van der Waals surface area (Å²) in [5.74, 6) is 0.429. The number of nitrogens with one attached hydrogen (secondary N) is 1. The highest BCUT2D eigenvalue weighted by Gasteiger charge is 2.32. The smallest absolute Gasteiger partial charge is 0.0474 e. The van der Waals surface area contributed by atoms with E-state index >= 15 is 0 Å². The van der Waals surface area contributed by atoms with E-state index in [1.165, 1.54) is 19.3 Å². The zero-order valence-electron chi connectivity index (χ0n) is 11.5. The van der Waals surface area contributed by atoms with Gasteiger partial charge in [-0.05, 0) is 31.6 Å². The normalized spacial score (nSPS) is 28.9. The van der Waals surface area contributed by atoms with Crippen molar-refractivity contribution in [1.82, 2.24) is 5.32 Å². The molecule has 3 heteroatoms. The Hall–Kier alpha value is -0.120. The van der Waals surface area contributed by atoms with E-state index in [9.17, 15) is 5.11 Å². The number of aliphatic hydroxyl groups excluding tert-OH is 1. The van der Waals surface area contributed by atoms with Gasteiger partial charge < -0.3 is 16.2 Å². The van der Waals surface area contributed by atoms with Crippen LogP contribution in [-0.4, -0.2) is 29.8 Å². The molecule has 0 saturated heterocycles. The van der Waals surface area contributed by atoms with Crippen molar-refractivity contribution < 1.29 is 5.11 Å². The van der Waals surface area contributed by atoms with Gasteiger partial charge in [0, 0.05) is 24.7 Å². The van der Waals surface area contributed by atoms with Gasteiger partial charge in [0.25, 0.3) is 0 Å². The van der Waals surface area contributed by atoms with Gasteiger partial charge in [-0.25, -0.2) is 0 Å². The number of hydrogen-bond acceptors (Lipinski definition) is 3. The van der Waals surface area contributed by atoms with Gasteiger partial charge in [0.2, 0.25) is 0 Å². The maximum atomic E-state index is 9.46. The summed E-state index contributed by atoms with van der Waals surface area (Å²) in [7, 11) is 0. The van der Waals surface area contributed by atoms with Gasteiger partial charge in [0.1, 0.15) is 0 Å². The van der Waals surface area contributed by atoms with Gasteiger partial charge in [-0.2, -0.15) is 0 Å². The Balaban J connectivity index is 2.63. The van der Waals surface area contributed by atoms with Gasteiger partial charge in [-0.1, -0.05) is 33.1 Å². The topological polar surface area (TPSA) is 58.3 Å². The molecule has 3 atom stereocenters. The summed E-state index contributed by atoms with van der Waals surface area (Å²) in [6, 6.07) is 0.462. The van der Waals surface area contributed by atoms with Crippen molar-refractivity contribution in [2.45, 2.75) is 70.4 Å². The molecule has 3 unspecified atom stereocenters. The van der Waals surface area contributed by atoms with Crippen LogP contribution in [0, 0.1) is 5.92 Å². The minimum atomic E-state index is 0.0875. The summed E-state index contributed by atoms with van der Waals surface area (Å²) < 4.78 is 0. The number of hydrogen-bond donors (Lipinski definition) is 3. The third-order valence-corrected chi connectivity index (χ3v) is 4.43. The summed E-state index contributed by atoms with van der Waals surface area (Å²) in [5, 5.41) is 13.2. The highest BCUT2D eigenvalue weighted by Crippen LogP contribution is 2.27. The first-order chi connectivity index (χ1) is 8.21. The fraction of sp³-hybridized carbons (Fsp3) is 1.00. The molecule has 0 aromatic carbocycles. The SMILES string of the molecule is CCCC(CC)(CN)NC1CCCCC1CO. The minimum absolute atomic E-state index is 0.0875. The zero-order chi connectivity index (χ0) is 12.7. The van der Waals surface area contributed by atoms with Crippen LogP contribution in [0.15, 0.2) is 0 Å².